The number of rotatable bonds is 36. The van der Waals surface area contributed by atoms with Gasteiger partial charge in [-0.25, -0.2) is 0 Å². The van der Waals surface area contributed by atoms with Gasteiger partial charge in [0, 0.05) is 123 Å². The van der Waals surface area contributed by atoms with E-state index in [2.05, 4.69) is 10.0 Å². The molecule has 656 valence electrons. The van der Waals surface area contributed by atoms with Gasteiger partial charge in [0.25, 0.3) is 0 Å². The molecule has 0 N–H and O–H groups in total. The van der Waals surface area contributed by atoms with Crippen LogP contribution in [-0.2, 0) is 211 Å². The first kappa shape index (κ1) is 96.4. The van der Waals surface area contributed by atoms with Crippen molar-refractivity contribution in [3.8, 4) is 0 Å². The summed E-state index contributed by atoms with van der Waals surface area (Å²) in [7, 11) is 1.06. The van der Waals surface area contributed by atoms with Crippen LogP contribution in [0.4, 0.5) is 0 Å². The Morgan fingerprint density at radius 2 is 0.653 bits per heavy atom. The first-order valence-corrected chi connectivity index (χ1v) is 36.3. The van der Waals surface area contributed by atoms with Crippen molar-refractivity contribution in [3.05, 3.63) is 46.3 Å². The van der Waals surface area contributed by atoms with Crippen LogP contribution in [0.1, 0.15) is 116 Å². The SMILES string of the molecule is CO[C@H]1OC(C(COC(C)=O)OC(C)=O)[C@@H](OC2OC(COC(C)=O)C(O[C@@H]3OC(COC(C)=O)[C@H](OC(C)=O)C(OC(C)=O)C3OC(C)=O)C(OC(C)=O)C2OC(C)=O)C(O[C@@H]2OC(C(COC(C)=O)OC(C)=O)[C@@H](OC(C)=O)C(OC(C)=O)C2O[C@@H]2OC(COC(C)=O)[C@@H](OC(C)=O)C(OC(C)=O)C2N=[N+]=[N-])C1OCc1ccccc1. The molecule has 5 saturated heterocycles. The summed E-state index contributed by atoms with van der Waals surface area (Å²) < 4.78 is 164. The Hall–Kier alpha value is -10.4. The van der Waals surface area contributed by atoms with E-state index in [1.165, 1.54) is 0 Å². The normalized spacial score (nSPS) is 30.9. The maximum Gasteiger partial charge on any atom is 0.303 e. The number of esters is 16. The lowest BCUT2D eigenvalue weighted by molar-refractivity contribution is -0.408. The third kappa shape index (κ3) is 28.7. The predicted octanol–water partition coefficient (Wildman–Crippen LogP) is 0.127. The van der Waals surface area contributed by atoms with E-state index >= 15 is 0 Å². The van der Waals surface area contributed by atoms with Crippen LogP contribution in [-0.4, -0.2) is 301 Å². The first-order valence-electron chi connectivity index (χ1n) is 36.3. The van der Waals surface area contributed by atoms with Crippen LogP contribution in [0.2, 0.25) is 0 Å². The Bertz CT molecular complexity index is 3760. The van der Waals surface area contributed by atoms with Crippen molar-refractivity contribution in [2.75, 3.05) is 40.1 Å². The minimum atomic E-state index is -2.59. The van der Waals surface area contributed by atoms with Crippen LogP contribution < -0.4 is 0 Å². The van der Waals surface area contributed by atoms with Crippen molar-refractivity contribution < 1.29 is 205 Å². The fraction of sp³-hybridized carbons (Fsp3) is 0.694. The van der Waals surface area contributed by atoms with E-state index in [1.54, 1.807) is 30.3 Å². The summed E-state index contributed by atoms with van der Waals surface area (Å²) in [5.74, 6) is -17.8. The van der Waals surface area contributed by atoms with Gasteiger partial charge in [0.2, 0.25) is 0 Å². The van der Waals surface area contributed by atoms with Gasteiger partial charge in [-0.3, -0.25) is 76.7 Å². The molecule has 118 heavy (non-hydrogen) atoms. The predicted molar refractivity (Wildman–Crippen MR) is 372 cm³/mol. The molecule has 46 heteroatoms. The van der Waals surface area contributed by atoms with Gasteiger partial charge >= 0.3 is 95.5 Å². The molecule has 0 bridgehead atoms. The summed E-state index contributed by atoms with van der Waals surface area (Å²) in [6.45, 7) is 9.23. The van der Waals surface area contributed by atoms with Crippen LogP contribution in [0.5, 0.6) is 0 Å². The molecular formula is C72H95N3O43. The largest absolute Gasteiger partial charge is 0.463 e. The van der Waals surface area contributed by atoms with Gasteiger partial charge in [-0.1, -0.05) is 35.4 Å². The zero-order valence-electron chi connectivity index (χ0n) is 67.1. The maximum absolute atomic E-state index is 14.0. The second-order valence-corrected chi connectivity index (χ2v) is 26.6. The van der Waals surface area contributed by atoms with Crippen LogP contribution in [0, 0.1) is 0 Å². The lowest BCUT2D eigenvalue weighted by atomic mass is 9.91. The third-order valence-corrected chi connectivity index (χ3v) is 17.1. The molecule has 5 fully saturated rings. The molecule has 0 spiro atoms. The summed E-state index contributed by atoms with van der Waals surface area (Å²) in [6.07, 6.45) is -55.7. The smallest absolute Gasteiger partial charge is 0.303 e. The van der Waals surface area contributed by atoms with Crippen LogP contribution in [0.3, 0.4) is 0 Å². The van der Waals surface area contributed by atoms with Gasteiger partial charge < -0.3 is 128 Å². The molecule has 0 saturated carbocycles. The lowest BCUT2D eigenvalue weighted by Gasteiger charge is -2.53. The number of nitrogens with zero attached hydrogens (tertiary/aromatic N) is 3. The van der Waals surface area contributed by atoms with Gasteiger partial charge in [0.05, 0.1) is 6.61 Å². The van der Waals surface area contributed by atoms with E-state index in [0.717, 1.165) is 118 Å². The van der Waals surface area contributed by atoms with Crippen LogP contribution in [0.15, 0.2) is 35.4 Å². The molecule has 5 aliphatic rings. The zero-order chi connectivity index (χ0) is 87.7. The Balaban J connectivity index is 1.78. The maximum atomic E-state index is 14.0. The third-order valence-electron chi connectivity index (χ3n) is 17.1. The zero-order valence-corrected chi connectivity index (χ0v) is 67.1. The number of ether oxygens (including phenoxy) is 27. The average Bonchev–Trinajstić information content (AvgIpc) is 0.750. The van der Waals surface area contributed by atoms with Gasteiger partial charge in [0.15, 0.2) is 105 Å². The summed E-state index contributed by atoms with van der Waals surface area (Å²) in [5, 5.41) is 3.81. The van der Waals surface area contributed by atoms with Crippen LogP contribution >= 0.6 is 0 Å². The Morgan fingerprint density at radius 1 is 0.331 bits per heavy atom. The number of carbonyl (C=O) groups is 16. The summed E-state index contributed by atoms with van der Waals surface area (Å²) in [4.78, 5) is 215. The standard InChI is InChI=1S/C72H95N3O43/c1-29(76)93-24-46(99-34(6)81)54-58(104-39(11)86)63(107-42(14)89)67(118-68-51(74-75-73)57(103-38(10)85)52(101-36(8)83)48(110-68)26-95-31(3)78)72(115-54)117-62-59(55(47(100-35(7)82)25-94-30(2)77)113-69(92-17)64(62)98-23-45-21-19-18-20-22-45)116-71-66(109-44(16)91)61(106-41(13)88)56(50(112-71)28-97-33(5)80)114-70-65(108-43(15)90)60(105-40(12)87)53(102-37(9)84)49(111-70)27-96-32(4)79/h18-22,46-72H,23-28H2,1-17H3/t46?,47?,48?,49?,50?,51?,52-,53+,54?,55?,56?,57?,58-,59-,60?,61?,62?,63?,64?,65?,66?,67?,68+,69+,70+,71?,72+/m1/s1. The lowest BCUT2D eigenvalue weighted by Crippen LogP contribution is -2.71. The quantitative estimate of drug-likeness (QED) is 0.0283. The Morgan fingerprint density at radius 3 is 1.06 bits per heavy atom. The van der Waals surface area contributed by atoms with E-state index < -0.39 is 301 Å². The summed E-state index contributed by atoms with van der Waals surface area (Å²) >= 11 is 0. The second kappa shape index (κ2) is 45.5. The second-order valence-electron chi connectivity index (χ2n) is 26.6. The molecule has 1 aromatic carbocycles. The molecule has 19 unspecified atom stereocenters. The van der Waals surface area contributed by atoms with E-state index in [9.17, 15) is 82.2 Å². The topological polar surface area (TPSA) is 571 Å². The Kier molecular flexibility index (Phi) is 37.2. The first-order chi connectivity index (χ1) is 55.6. The van der Waals surface area contributed by atoms with E-state index in [0.29, 0.717) is 5.56 Å². The molecule has 27 atom stereocenters. The molecule has 1 aromatic rings. The highest BCUT2D eigenvalue weighted by atomic mass is 16.8. The molecule has 5 heterocycles. The summed E-state index contributed by atoms with van der Waals surface area (Å²) in [5.41, 5.74) is 10.7. The van der Waals surface area contributed by atoms with E-state index in [1.807, 2.05) is 0 Å². The van der Waals surface area contributed by atoms with E-state index in [4.69, 9.17) is 128 Å². The minimum Gasteiger partial charge on any atom is -0.463 e. The van der Waals surface area contributed by atoms with Crippen molar-refractivity contribution in [1.29, 1.82) is 0 Å². The number of carbonyl (C=O) groups excluding carboxylic acids is 16. The van der Waals surface area contributed by atoms with E-state index in [-0.39, 0.29) is 0 Å². The number of azide groups is 1. The van der Waals surface area contributed by atoms with Gasteiger partial charge in [0.1, 0.15) is 94.0 Å². The molecule has 0 aliphatic carbocycles. The number of hydrogen-bond acceptors (Lipinski definition) is 44. The molecular weight excluding hydrogens is 1590 g/mol. The number of benzene rings is 1. The fourth-order valence-corrected chi connectivity index (χ4v) is 13.1. The number of methoxy groups -OCH3 is 1. The molecule has 46 nitrogen and oxygen atoms in total. The van der Waals surface area contributed by atoms with Crippen molar-refractivity contribution in [1.82, 2.24) is 0 Å². The highest BCUT2D eigenvalue weighted by molar-refractivity contribution is 5.72. The average molecular weight is 1690 g/mol. The van der Waals surface area contributed by atoms with Gasteiger partial charge in [-0.15, -0.1) is 0 Å². The van der Waals surface area contributed by atoms with Crippen molar-refractivity contribution in [2.24, 2.45) is 5.11 Å². The summed E-state index contributed by atoms with van der Waals surface area (Å²) in [6, 6.07) is 5.88. The highest BCUT2D eigenvalue weighted by Gasteiger charge is 2.64. The number of hydrogen-bond donors (Lipinski definition) is 0. The molecule has 5 aliphatic heterocycles. The molecule has 0 aromatic heterocycles. The molecule has 0 amide bonds. The molecule has 6 rings (SSSR count). The monoisotopic (exact) mass is 1690 g/mol. The van der Waals surface area contributed by atoms with Crippen molar-refractivity contribution >= 4 is 95.5 Å². The van der Waals surface area contributed by atoms with Crippen molar-refractivity contribution in [2.45, 2.75) is 283 Å². The van der Waals surface area contributed by atoms with Gasteiger partial charge in [-0.05, 0) is 11.1 Å². The Labute approximate surface area is 672 Å². The minimum absolute atomic E-state index is 0.370. The van der Waals surface area contributed by atoms with Crippen molar-refractivity contribution in [3.63, 3.8) is 0 Å². The fourth-order valence-electron chi connectivity index (χ4n) is 13.1. The van der Waals surface area contributed by atoms with Gasteiger partial charge in [-0.2, -0.15) is 0 Å². The highest BCUT2D eigenvalue weighted by Crippen LogP contribution is 2.43. The van der Waals surface area contributed by atoms with Crippen LogP contribution in [0.25, 0.3) is 10.4 Å². The molecule has 0 radical (unpaired) electrons.